The molecule has 12 heavy (non-hydrogen) atoms. The van der Waals surface area contributed by atoms with Crippen molar-refractivity contribution in [1.82, 2.24) is 9.78 Å². The van der Waals surface area contributed by atoms with E-state index in [1.54, 1.807) is 0 Å². The molecule has 2 rings (SSSR count). The Hall–Kier alpha value is -0.990. The number of aromatic nitrogens is 2. The molecule has 0 bridgehead atoms. The first-order chi connectivity index (χ1) is 5.86. The van der Waals surface area contributed by atoms with Crippen LogP contribution in [0.5, 0.6) is 5.88 Å². The minimum atomic E-state index is 0.838. The van der Waals surface area contributed by atoms with Crippen molar-refractivity contribution in [3.8, 4) is 5.88 Å². The number of hydrogen-bond acceptors (Lipinski definition) is 2. The Morgan fingerprint density at radius 2 is 2.25 bits per heavy atom. The maximum atomic E-state index is 5.34. The highest BCUT2D eigenvalue weighted by Crippen LogP contribution is 2.17. The van der Waals surface area contributed by atoms with Crippen LogP contribution in [0.2, 0.25) is 0 Å². The van der Waals surface area contributed by atoms with E-state index in [1.165, 1.54) is 0 Å². The number of nitrogens with zero attached hydrogens (tertiary/aromatic N) is 2. The standard InChI is InChI=1S/C7H10N2O.C2H6/c1-6-5-7-9(8-6)3-2-4-10-7;1-2/h5H,2-4H2,1H3;1-2H3. The van der Waals surface area contributed by atoms with E-state index in [1.807, 2.05) is 31.5 Å². The summed E-state index contributed by atoms with van der Waals surface area (Å²) in [6.45, 7) is 7.82. The molecule has 3 nitrogen and oxygen atoms in total. The molecule has 0 unspecified atom stereocenters. The number of hydrogen-bond donors (Lipinski definition) is 0. The van der Waals surface area contributed by atoms with E-state index in [0.717, 1.165) is 31.1 Å². The summed E-state index contributed by atoms with van der Waals surface area (Å²) in [5.41, 5.74) is 1.04. The minimum absolute atomic E-state index is 0.838. The van der Waals surface area contributed by atoms with Gasteiger partial charge in [-0.1, -0.05) is 13.8 Å². The zero-order chi connectivity index (χ0) is 8.97. The molecule has 3 heteroatoms. The zero-order valence-corrected chi connectivity index (χ0v) is 8.00. The van der Waals surface area contributed by atoms with Gasteiger partial charge in [0.15, 0.2) is 0 Å². The summed E-state index contributed by atoms with van der Waals surface area (Å²) in [5.74, 6) is 0.920. The van der Waals surface area contributed by atoms with Gasteiger partial charge >= 0.3 is 0 Å². The summed E-state index contributed by atoms with van der Waals surface area (Å²) in [4.78, 5) is 0. The Bertz CT molecular complexity index is 219. The third kappa shape index (κ3) is 1.78. The molecule has 0 aliphatic carbocycles. The van der Waals surface area contributed by atoms with Crippen molar-refractivity contribution >= 4 is 0 Å². The normalized spacial score (nSPS) is 13.9. The van der Waals surface area contributed by atoms with Crippen molar-refractivity contribution in [1.29, 1.82) is 0 Å². The van der Waals surface area contributed by atoms with Crippen LogP contribution in [-0.4, -0.2) is 16.4 Å². The summed E-state index contributed by atoms with van der Waals surface area (Å²) in [5, 5.41) is 4.24. The Morgan fingerprint density at radius 1 is 1.50 bits per heavy atom. The van der Waals surface area contributed by atoms with E-state index < -0.39 is 0 Å². The second-order valence-corrected chi connectivity index (χ2v) is 2.55. The molecule has 1 aromatic rings. The summed E-state index contributed by atoms with van der Waals surface area (Å²) >= 11 is 0. The maximum Gasteiger partial charge on any atom is 0.211 e. The third-order valence-electron chi connectivity index (χ3n) is 1.63. The molecule has 1 aliphatic rings. The fourth-order valence-electron chi connectivity index (χ4n) is 1.19. The molecule has 0 spiro atoms. The van der Waals surface area contributed by atoms with E-state index >= 15 is 0 Å². The van der Waals surface area contributed by atoms with Crippen molar-refractivity contribution in [3.63, 3.8) is 0 Å². The quantitative estimate of drug-likeness (QED) is 0.592. The highest BCUT2D eigenvalue weighted by molar-refractivity contribution is 5.15. The van der Waals surface area contributed by atoms with Gasteiger partial charge in [-0.25, -0.2) is 4.68 Å². The van der Waals surface area contributed by atoms with Crippen LogP contribution in [0.1, 0.15) is 26.0 Å². The van der Waals surface area contributed by atoms with Gasteiger partial charge in [0, 0.05) is 19.0 Å². The molecule has 0 radical (unpaired) electrons. The van der Waals surface area contributed by atoms with E-state index in [2.05, 4.69) is 5.10 Å². The average molecular weight is 168 g/mol. The molecule has 0 atom stereocenters. The van der Waals surface area contributed by atoms with Gasteiger partial charge in [-0.3, -0.25) is 0 Å². The molecule has 0 saturated heterocycles. The Balaban J connectivity index is 0.000000336. The number of aryl methyl sites for hydroxylation is 2. The van der Waals surface area contributed by atoms with Crippen LogP contribution >= 0.6 is 0 Å². The van der Waals surface area contributed by atoms with Gasteiger partial charge in [0.05, 0.1) is 12.3 Å². The monoisotopic (exact) mass is 168 g/mol. The van der Waals surface area contributed by atoms with Crippen LogP contribution in [0.25, 0.3) is 0 Å². The van der Waals surface area contributed by atoms with Gasteiger partial charge in [0.2, 0.25) is 5.88 Å². The topological polar surface area (TPSA) is 27.1 Å². The fraction of sp³-hybridized carbons (Fsp3) is 0.667. The number of rotatable bonds is 0. The van der Waals surface area contributed by atoms with Crippen molar-refractivity contribution in [3.05, 3.63) is 11.8 Å². The van der Waals surface area contributed by atoms with E-state index in [9.17, 15) is 0 Å². The largest absolute Gasteiger partial charge is 0.478 e. The second-order valence-electron chi connectivity index (χ2n) is 2.55. The number of fused-ring (bicyclic) bond motifs is 1. The van der Waals surface area contributed by atoms with E-state index in [0.29, 0.717) is 0 Å². The highest BCUT2D eigenvalue weighted by atomic mass is 16.5. The first kappa shape index (κ1) is 9.10. The molecule has 0 amide bonds. The predicted octanol–water partition coefficient (Wildman–Crippen LogP) is 2.00. The number of ether oxygens (including phenoxy) is 1. The highest BCUT2D eigenvalue weighted by Gasteiger charge is 2.10. The van der Waals surface area contributed by atoms with Crippen LogP contribution in [-0.2, 0) is 6.54 Å². The van der Waals surface area contributed by atoms with Gasteiger partial charge in [-0.2, -0.15) is 5.10 Å². The maximum absolute atomic E-state index is 5.34. The van der Waals surface area contributed by atoms with Crippen LogP contribution < -0.4 is 4.74 Å². The predicted molar refractivity (Wildman–Crippen MR) is 48.4 cm³/mol. The summed E-state index contributed by atoms with van der Waals surface area (Å²) in [6, 6.07) is 1.97. The SMILES string of the molecule is CC.Cc1cc2n(n1)CCCO2. The van der Waals surface area contributed by atoms with Crippen LogP contribution in [0.15, 0.2) is 6.07 Å². The average Bonchev–Trinajstić information content (AvgIpc) is 2.48. The molecular weight excluding hydrogens is 152 g/mol. The Labute approximate surface area is 73.3 Å². The molecule has 0 fully saturated rings. The van der Waals surface area contributed by atoms with Crippen molar-refractivity contribution < 1.29 is 4.74 Å². The van der Waals surface area contributed by atoms with Crippen LogP contribution in [0.4, 0.5) is 0 Å². The van der Waals surface area contributed by atoms with Crippen LogP contribution in [0.3, 0.4) is 0 Å². The molecule has 0 saturated carbocycles. The molecule has 1 aliphatic heterocycles. The first-order valence-corrected chi connectivity index (χ1v) is 4.53. The summed E-state index contributed by atoms with van der Waals surface area (Å²) in [6.07, 6.45) is 1.08. The van der Waals surface area contributed by atoms with Gasteiger partial charge in [0.25, 0.3) is 0 Å². The molecule has 2 heterocycles. The lowest BCUT2D eigenvalue weighted by Crippen LogP contribution is -2.14. The van der Waals surface area contributed by atoms with E-state index in [-0.39, 0.29) is 0 Å². The lowest BCUT2D eigenvalue weighted by atomic mass is 10.4. The zero-order valence-electron chi connectivity index (χ0n) is 8.00. The molecule has 0 N–H and O–H groups in total. The summed E-state index contributed by atoms with van der Waals surface area (Å²) in [7, 11) is 0. The van der Waals surface area contributed by atoms with Gasteiger partial charge < -0.3 is 4.74 Å². The molecular formula is C9H16N2O. The van der Waals surface area contributed by atoms with Gasteiger partial charge in [-0.15, -0.1) is 0 Å². The fourth-order valence-corrected chi connectivity index (χ4v) is 1.19. The van der Waals surface area contributed by atoms with Crippen molar-refractivity contribution in [2.45, 2.75) is 33.7 Å². The van der Waals surface area contributed by atoms with Crippen LogP contribution in [0, 0.1) is 6.92 Å². The third-order valence-corrected chi connectivity index (χ3v) is 1.63. The Morgan fingerprint density at radius 3 is 2.92 bits per heavy atom. The second kappa shape index (κ2) is 4.14. The van der Waals surface area contributed by atoms with Gasteiger partial charge in [0.1, 0.15) is 0 Å². The Kier molecular flexibility index (Phi) is 3.14. The lowest BCUT2D eigenvalue weighted by Gasteiger charge is -2.13. The lowest BCUT2D eigenvalue weighted by molar-refractivity contribution is 0.230. The molecule has 0 aromatic carbocycles. The molecule has 1 aromatic heterocycles. The first-order valence-electron chi connectivity index (χ1n) is 4.53. The van der Waals surface area contributed by atoms with Gasteiger partial charge in [-0.05, 0) is 6.92 Å². The minimum Gasteiger partial charge on any atom is -0.478 e. The molecule has 68 valence electrons. The van der Waals surface area contributed by atoms with E-state index in [4.69, 9.17) is 4.74 Å². The smallest absolute Gasteiger partial charge is 0.211 e. The van der Waals surface area contributed by atoms with Crippen molar-refractivity contribution in [2.75, 3.05) is 6.61 Å². The van der Waals surface area contributed by atoms with Crippen molar-refractivity contribution in [2.24, 2.45) is 0 Å². The summed E-state index contributed by atoms with van der Waals surface area (Å²) < 4.78 is 7.26.